The van der Waals surface area contributed by atoms with Gasteiger partial charge in [0.25, 0.3) is 5.91 Å². The lowest BCUT2D eigenvalue weighted by Gasteiger charge is -2.05. The van der Waals surface area contributed by atoms with E-state index in [0.717, 1.165) is 16.0 Å². The van der Waals surface area contributed by atoms with Gasteiger partial charge in [0.1, 0.15) is 5.00 Å². The molecule has 0 saturated heterocycles. The van der Waals surface area contributed by atoms with E-state index in [-0.39, 0.29) is 24.5 Å². The van der Waals surface area contributed by atoms with Crippen molar-refractivity contribution in [3.8, 4) is 0 Å². The van der Waals surface area contributed by atoms with E-state index in [9.17, 15) is 14.4 Å². The number of Topliss-reactive ketones (excluding diaryl/α,β-unsaturated/α-hetero) is 1. The second-order valence-corrected chi connectivity index (χ2v) is 6.91. The number of nitrogens with one attached hydrogen (secondary N) is 1. The summed E-state index contributed by atoms with van der Waals surface area (Å²) >= 11 is 1.31. The first-order valence-corrected chi connectivity index (χ1v) is 8.40. The minimum atomic E-state index is -0.567. The largest absolute Gasteiger partial charge is 0.365 e. The van der Waals surface area contributed by atoms with Crippen LogP contribution in [-0.4, -0.2) is 17.6 Å². The highest BCUT2D eigenvalue weighted by atomic mass is 32.1. The summed E-state index contributed by atoms with van der Waals surface area (Å²) in [5.41, 5.74) is 8.16. The minimum absolute atomic E-state index is 0.0565. The Kier molecular flexibility index (Phi) is 5.51. The molecule has 6 heteroatoms. The average Bonchev–Trinajstić information content (AvgIpc) is 2.80. The first-order valence-electron chi connectivity index (χ1n) is 7.59. The molecular weight excluding hydrogens is 324 g/mol. The van der Waals surface area contributed by atoms with E-state index in [1.807, 2.05) is 26.0 Å². The van der Waals surface area contributed by atoms with Gasteiger partial charge in [0.2, 0.25) is 5.91 Å². The summed E-state index contributed by atoms with van der Waals surface area (Å²) in [7, 11) is 0. The molecule has 0 bridgehead atoms. The van der Waals surface area contributed by atoms with E-state index in [1.54, 1.807) is 19.1 Å². The molecule has 126 valence electrons. The van der Waals surface area contributed by atoms with Crippen molar-refractivity contribution in [3.63, 3.8) is 0 Å². The molecule has 1 aromatic carbocycles. The van der Waals surface area contributed by atoms with Crippen molar-refractivity contribution in [1.82, 2.24) is 0 Å². The number of carbonyl (C=O) groups is 3. The molecule has 2 amide bonds. The van der Waals surface area contributed by atoms with Crippen LogP contribution in [0.25, 0.3) is 0 Å². The fourth-order valence-electron chi connectivity index (χ4n) is 2.31. The number of anilines is 1. The van der Waals surface area contributed by atoms with Crippen LogP contribution in [0.1, 0.15) is 49.6 Å². The van der Waals surface area contributed by atoms with Gasteiger partial charge in [-0.05, 0) is 26.3 Å². The highest BCUT2D eigenvalue weighted by molar-refractivity contribution is 7.16. The summed E-state index contributed by atoms with van der Waals surface area (Å²) in [5.74, 6) is -0.957. The maximum absolute atomic E-state index is 12.1. The quantitative estimate of drug-likeness (QED) is 0.787. The van der Waals surface area contributed by atoms with Crippen LogP contribution in [-0.2, 0) is 4.79 Å². The Morgan fingerprint density at radius 3 is 2.25 bits per heavy atom. The first-order chi connectivity index (χ1) is 11.3. The molecule has 1 aromatic heterocycles. The zero-order chi connectivity index (χ0) is 17.9. The summed E-state index contributed by atoms with van der Waals surface area (Å²) in [6.07, 6.45) is 0.172. The average molecular weight is 344 g/mol. The van der Waals surface area contributed by atoms with Crippen molar-refractivity contribution in [1.29, 1.82) is 0 Å². The lowest BCUT2D eigenvalue weighted by atomic mass is 10.0. The summed E-state index contributed by atoms with van der Waals surface area (Å²) in [4.78, 5) is 36.6. The van der Waals surface area contributed by atoms with E-state index in [0.29, 0.717) is 16.1 Å². The van der Waals surface area contributed by atoms with Crippen LogP contribution in [0.2, 0.25) is 0 Å². The number of aryl methyl sites for hydroxylation is 2. The molecule has 0 aliphatic carbocycles. The van der Waals surface area contributed by atoms with E-state index in [2.05, 4.69) is 5.32 Å². The van der Waals surface area contributed by atoms with Crippen LogP contribution in [0.5, 0.6) is 0 Å². The van der Waals surface area contributed by atoms with Crippen molar-refractivity contribution < 1.29 is 14.4 Å². The van der Waals surface area contributed by atoms with E-state index in [1.165, 1.54) is 11.3 Å². The number of amides is 2. The van der Waals surface area contributed by atoms with Crippen LogP contribution in [0, 0.1) is 20.8 Å². The van der Waals surface area contributed by atoms with E-state index in [4.69, 9.17) is 5.73 Å². The fraction of sp³-hybridized carbons (Fsp3) is 0.278. The Morgan fingerprint density at radius 2 is 1.67 bits per heavy atom. The van der Waals surface area contributed by atoms with Crippen molar-refractivity contribution in [2.75, 3.05) is 5.32 Å². The van der Waals surface area contributed by atoms with Crippen LogP contribution in [0.15, 0.2) is 24.3 Å². The molecule has 1 heterocycles. The third-order valence-corrected chi connectivity index (χ3v) is 4.96. The Morgan fingerprint density at radius 1 is 1.04 bits per heavy atom. The Labute approximate surface area is 144 Å². The molecule has 0 aliphatic rings. The predicted molar refractivity (Wildman–Crippen MR) is 95.7 cm³/mol. The molecule has 24 heavy (non-hydrogen) atoms. The van der Waals surface area contributed by atoms with Gasteiger partial charge in [0.15, 0.2) is 5.78 Å². The second kappa shape index (κ2) is 7.40. The molecule has 0 atom stereocenters. The van der Waals surface area contributed by atoms with Gasteiger partial charge >= 0.3 is 0 Å². The van der Waals surface area contributed by atoms with Gasteiger partial charge in [0.05, 0.1) is 5.56 Å². The van der Waals surface area contributed by atoms with Crippen molar-refractivity contribution in [2.45, 2.75) is 33.6 Å². The lowest BCUT2D eigenvalue weighted by molar-refractivity contribution is -0.116. The van der Waals surface area contributed by atoms with Gasteiger partial charge in [-0.1, -0.05) is 29.8 Å². The van der Waals surface area contributed by atoms with Crippen LogP contribution >= 0.6 is 11.3 Å². The van der Waals surface area contributed by atoms with E-state index < -0.39 is 5.91 Å². The van der Waals surface area contributed by atoms with Crippen molar-refractivity contribution in [3.05, 3.63) is 51.4 Å². The monoisotopic (exact) mass is 344 g/mol. The SMILES string of the molecule is Cc1ccc(C(=O)CCC(=O)Nc2sc(C)c(C)c2C(N)=O)cc1. The summed E-state index contributed by atoms with van der Waals surface area (Å²) in [6.45, 7) is 5.61. The predicted octanol–water partition coefficient (Wildman–Crippen LogP) is 3.37. The van der Waals surface area contributed by atoms with Gasteiger partial charge in [-0.25, -0.2) is 0 Å². The number of nitrogens with two attached hydrogens (primary N) is 1. The molecule has 0 aliphatic heterocycles. The van der Waals surface area contributed by atoms with Crippen LogP contribution in [0.4, 0.5) is 5.00 Å². The third-order valence-electron chi connectivity index (χ3n) is 3.84. The van der Waals surface area contributed by atoms with Crippen LogP contribution in [0.3, 0.4) is 0 Å². The Bertz CT molecular complexity index is 791. The molecule has 0 saturated carbocycles. The van der Waals surface area contributed by atoms with Gasteiger partial charge in [-0.15, -0.1) is 11.3 Å². The van der Waals surface area contributed by atoms with Gasteiger partial charge in [-0.3, -0.25) is 14.4 Å². The molecule has 0 unspecified atom stereocenters. The molecule has 2 aromatic rings. The smallest absolute Gasteiger partial charge is 0.251 e. The number of benzene rings is 1. The summed E-state index contributed by atoms with van der Waals surface area (Å²) in [6, 6.07) is 7.24. The topological polar surface area (TPSA) is 89.3 Å². The minimum Gasteiger partial charge on any atom is -0.365 e. The standard InChI is InChI=1S/C18H20N2O3S/c1-10-4-6-13(7-5-10)14(21)8-9-15(22)20-18-16(17(19)23)11(2)12(3)24-18/h4-7H,8-9H2,1-3H3,(H2,19,23)(H,20,22). The first kappa shape index (κ1) is 17.9. The second-order valence-electron chi connectivity index (χ2n) is 5.69. The van der Waals surface area contributed by atoms with Gasteiger partial charge in [-0.2, -0.15) is 0 Å². The number of primary amides is 1. The van der Waals surface area contributed by atoms with E-state index >= 15 is 0 Å². The lowest BCUT2D eigenvalue weighted by Crippen LogP contribution is -2.18. The maximum atomic E-state index is 12.1. The molecular formula is C18H20N2O3S. The summed E-state index contributed by atoms with van der Waals surface area (Å²) in [5, 5.41) is 3.15. The molecule has 2 rings (SSSR count). The van der Waals surface area contributed by atoms with Crippen LogP contribution < -0.4 is 11.1 Å². The molecule has 3 N–H and O–H groups in total. The molecule has 0 spiro atoms. The van der Waals surface area contributed by atoms with Crippen molar-refractivity contribution >= 4 is 33.9 Å². The van der Waals surface area contributed by atoms with Crippen molar-refractivity contribution in [2.24, 2.45) is 5.73 Å². The fourth-order valence-corrected chi connectivity index (χ4v) is 3.39. The zero-order valence-corrected chi connectivity index (χ0v) is 14.8. The number of thiophene rings is 1. The number of hydrogen-bond acceptors (Lipinski definition) is 4. The molecule has 5 nitrogen and oxygen atoms in total. The number of carbonyl (C=O) groups excluding carboxylic acids is 3. The third kappa shape index (κ3) is 4.08. The maximum Gasteiger partial charge on any atom is 0.251 e. The van der Waals surface area contributed by atoms with Gasteiger partial charge in [0, 0.05) is 23.3 Å². The highest BCUT2D eigenvalue weighted by Gasteiger charge is 2.19. The Balaban J connectivity index is 1.99. The summed E-state index contributed by atoms with van der Waals surface area (Å²) < 4.78 is 0. The molecule has 0 fully saturated rings. The number of ketones is 1. The Hall–Kier alpha value is -2.47. The highest BCUT2D eigenvalue weighted by Crippen LogP contribution is 2.32. The number of rotatable bonds is 6. The number of hydrogen-bond donors (Lipinski definition) is 2. The molecule has 0 radical (unpaired) electrons. The van der Waals surface area contributed by atoms with Gasteiger partial charge < -0.3 is 11.1 Å². The zero-order valence-electron chi connectivity index (χ0n) is 13.9. The normalized spacial score (nSPS) is 10.5.